The van der Waals surface area contributed by atoms with Crippen LogP contribution in [0.1, 0.15) is 22.3 Å². The van der Waals surface area contributed by atoms with Gasteiger partial charge in [0.2, 0.25) is 0 Å². The van der Waals surface area contributed by atoms with Crippen molar-refractivity contribution in [3.05, 3.63) is 162 Å². The van der Waals surface area contributed by atoms with E-state index in [0.29, 0.717) is 0 Å². The third kappa shape index (κ3) is 2.58. The lowest BCUT2D eigenvalue weighted by atomic mass is 9.70. The summed E-state index contributed by atoms with van der Waals surface area (Å²) in [4.78, 5) is 5.36. The van der Waals surface area contributed by atoms with E-state index in [2.05, 4.69) is 140 Å². The summed E-state index contributed by atoms with van der Waals surface area (Å²) in [5.41, 5.74) is 18.0. The molecule has 0 saturated heterocycles. The van der Waals surface area contributed by atoms with Crippen molar-refractivity contribution in [2.75, 3.05) is 0 Å². The van der Waals surface area contributed by atoms with Gasteiger partial charge in [0.1, 0.15) is 5.01 Å². The van der Waals surface area contributed by atoms with Crippen LogP contribution in [0, 0.1) is 0 Å². The minimum absolute atomic E-state index is 0.401. The Morgan fingerprint density at radius 1 is 0.432 bits per heavy atom. The molecule has 0 saturated carbocycles. The van der Waals surface area contributed by atoms with Crippen molar-refractivity contribution in [3.8, 4) is 55.1 Å². The van der Waals surface area contributed by atoms with Gasteiger partial charge in [0.25, 0.3) is 0 Å². The molecule has 0 amide bonds. The highest BCUT2D eigenvalue weighted by Crippen LogP contribution is 2.67. The van der Waals surface area contributed by atoms with Gasteiger partial charge in [-0.3, -0.25) is 0 Å². The maximum absolute atomic E-state index is 5.36. The first kappa shape index (κ1) is 23.2. The number of benzene rings is 7. The quantitative estimate of drug-likeness (QED) is 0.190. The predicted octanol–water partition coefficient (Wildman–Crippen LogP) is 11.1. The number of para-hydroxylation sites is 1. The van der Waals surface area contributed by atoms with Crippen LogP contribution in [0.2, 0.25) is 0 Å². The normalized spacial score (nSPS) is 14.1. The van der Waals surface area contributed by atoms with E-state index in [0.717, 1.165) is 10.5 Å². The van der Waals surface area contributed by atoms with E-state index >= 15 is 0 Å². The molecule has 1 heterocycles. The zero-order valence-electron chi connectivity index (χ0n) is 23.6. The Hall–Kier alpha value is -5.31. The maximum Gasteiger partial charge on any atom is 0.125 e. The molecule has 0 radical (unpaired) electrons. The summed E-state index contributed by atoms with van der Waals surface area (Å²) >= 11 is 1.82. The monoisotopic (exact) mass is 573 g/mol. The molecular weight excluding hydrogens is 551 g/mol. The summed E-state index contributed by atoms with van der Waals surface area (Å²) in [5, 5.41) is 3.74. The number of hydrogen-bond acceptors (Lipinski definition) is 2. The number of hydrogen-bond donors (Lipinski definition) is 0. The molecule has 0 atom stereocenters. The van der Waals surface area contributed by atoms with E-state index in [-0.39, 0.29) is 0 Å². The van der Waals surface area contributed by atoms with Gasteiger partial charge in [-0.05, 0) is 90.2 Å². The van der Waals surface area contributed by atoms with Crippen LogP contribution in [0.15, 0.2) is 140 Å². The number of thiazole rings is 1. The van der Waals surface area contributed by atoms with Crippen LogP contribution in [0.3, 0.4) is 0 Å². The molecule has 7 aromatic carbocycles. The van der Waals surface area contributed by atoms with Crippen LogP contribution >= 0.6 is 11.3 Å². The van der Waals surface area contributed by atoms with Gasteiger partial charge in [-0.25, -0.2) is 4.98 Å². The summed E-state index contributed by atoms with van der Waals surface area (Å²) in [7, 11) is 0. The van der Waals surface area contributed by atoms with Gasteiger partial charge in [0.15, 0.2) is 0 Å². The highest BCUT2D eigenvalue weighted by molar-refractivity contribution is 7.21. The van der Waals surface area contributed by atoms with E-state index in [4.69, 9.17) is 4.98 Å². The molecule has 0 N–H and O–H groups in total. The van der Waals surface area contributed by atoms with Gasteiger partial charge in [0, 0.05) is 11.1 Å². The van der Waals surface area contributed by atoms with Crippen LogP contribution in [0.4, 0.5) is 0 Å². The molecule has 1 aromatic heterocycles. The Kier molecular flexibility index (Phi) is 4.21. The van der Waals surface area contributed by atoms with Crippen molar-refractivity contribution < 1.29 is 0 Å². The predicted molar refractivity (Wildman–Crippen MR) is 183 cm³/mol. The molecular formula is C42H23NS. The summed E-state index contributed by atoms with van der Waals surface area (Å²) in [5.74, 6) is 0. The lowest BCUT2D eigenvalue weighted by Gasteiger charge is -2.31. The van der Waals surface area contributed by atoms with Crippen LogP contribution in [-0.2, 0) is 5.41 Å². The van der Waals surface area contributed by atoms with Crippen LogP contribution in [0.25, 0.3) is 76.1 Å². The first-order chi connectivity index (χ1) is 21.8. The maximum atomic E-state index is 5.36. The molecule has 3 aliphatic rings. The molecule has 202 valence electrons. The highest BCUT2D eigenvalue weighted by Gasteiger charge is 2.53. The van der Waals surface area contributed by atoms with Gasteiger partial charge >= 0.3 is 0 Å². The second-order valence-corrected chi connectivity index (χ2v) is 13.2. The molecule has 1 spiro atoms. The van der Waals surface area contributed by atoms with E-state index in [1.807, 2.05) is 11.3 Å². The van der Waals surface area contributed by atoms with Crippen molar-refractivity contribution in [3.63, 3.8) is 0 Å². The van der Waals surface area contributed by atoms with Gasteiger partial charge in [0.05, 0.1) is 15.6 Å². The second kappa shape index (κ2) is 7.99. The molecule has 0 fully saturated rings. The lowest BCUT2D eigenvalue weighted by Crippen LogP contribution is -2.26. The topological polar surface area (TPSA) is 12.9 Å². The standard InChI is InChI=1S/C42H23NS/c1-4-18-31-25(13-1)26-14-2-5-19-32(26)42(31)33-20-6-3-15-28(33)39-34(42)23-30-27-16-9-11-24-12-10-17-29(37(24)27)38(30)40(39)41-43-35-21-7-8-22-36(35)44-41/h1-23H. The fourth-order valence-corrected chi connectivity index (χ4v) is 9.73. The minimum atomic E-state index is -0.401. The van der Waals surface area contributed by atoms with Crippen LogP contribution < -0.4 is 0 Å². The fourth-order valence-electron chi connectivity index (χ4n) is 8.71. The molecule has 8 aromatic rings. The smallest absolute Gasteiger partial charge is 0.125 e. The van der Waals surface area contributed by atoms with Gasteiger partial charge in [-0.15, -0.1) is 11.3 Å². The van der Waals surface area contributed by atoms with Crippen molar-refractivity contribution in [1.82, 2.24) is 4.98 Å². The molecule has 11 rings (SSSR count). The Labute approximate surface area is 258 Å². The number of fused-ring (bicyclic) bond motifs is 14. The van der Waals surface area contributed by atoms with Crippen molar-refractivity contribution in [1.29, 1.82) is 0 Å². The van der Waals surface area contributed by atoms with Gasteiger partial charge in [-0.2, -0.15) is 0 Å². The highest BCUT2D eigenvalue weighted by atomic mass is 32.1. The van der Waals surface area contributed by atoms with Crippen LogP contribution in [-0.4, -0.2) is 4.98 Å². The minimum Gasteiger partial charge on any atom is -0.236 e. The van der Waals surface area contributed by atoms with E-state index in [1.165, 1.54) is 87.8 Å². The molecule has 0 aliphatic heterocycles. The van der Waals surface area contributed by atoms with Gasteiger partial charge in [-0.1, -0.05) is 121 Å². The third-order valence-corrected chi connectivity index (χ3v) is 11.3. The van der Waals surface area contributed by atoms with E-state index in [1.54, 1.807) is 0 Å². The third-order valence-electron chi connectivity index (χ3n) is 10.3. The first-order valence-electron chi connectivity index (χ1n) is 15.2. The van der Waals surface area contributed by atoms with E-state index < -0.39 is 5.41 Å². The van der Waals surface area contributed by atoms with Crippen molar-refractivity contribution in [2.24, 2.45) is 0 Å². The van der Waals surface area contributed by atoms with Crippen LogP contribution in [0.5, 0.6) is 0 Å². The summed E-state index contributed by atoms with van der Waals surface area (Å²) in [6.45, 7) is 0. The molecule has 0 unspecified atom stereocenters. The first-order valence-corrected chi connectivity index (χ1v) is 16.0. The lowest BCUT2D eigenvalue weighted by molar-refractivity contribution is 0.794. The number of aromatic nitrogens is 1. The van der Waals surface area contributed by atoms with Crippen molar-refractivity contribution in [2.45, 2.75) is 5.41 Å². The molecule has 2 heteroatoms. The van der Waals surface area contributed by atoms with Gasteiger partial charge < -0.3 is 0 Å². The number of rotatable bonds is 1. The second-order valence-electron chi connectivity index (χ2n) is 12.2. The van der Waals surface area contributed by atoms with Crippen molar-refractivity contribution >= 4 is 32.3 Å². The Balaban J connectivity index is 1.39. The average Bonchev–Trinajstić information content (AvgIpc) is 3.81. The zero-order chi connectivity index (χ0) is 28.6. The summed E-state index contributed by atoms with van der Waals surface area (Å²) in [6.07, 6.45) is 0. The Bertz CT molecular complexity index is 2480. The summed E-state index contributed by atoms with van der Waals surface area (Å²) < 4.78 is 1.22. The summed E-state index contributed by atoms with van der Waals surface area (Å²) in [6, 6.07) is 52.0. The molecule has 0 bridgehead atoms. The Morgan fingerprint density at radius 2 is 1.02 bits per heavy atom. The molecule has 1 nitrogen and oxygen atoms in total. The Morgan fingerprint density at radius 3 is 1.75 bits per heavy atom. The zero-order valence-corrected chi connectivity index (χ0v) is 24.5. The SMILES string of the molecule is c1ccc2c(c1)-c1ccccc1C21c2ccccc2-c2c1cc1c(c2-c2nc3ccccc3s2)-c2cccc3cccc-1c23. The average molecular weight is 574 g/mol. The fraction of sp³-hybridized carbons (Fsp3) is 0.0238. The number of nitrogens with zero attached hydrogens (tertiary/aromatic N) is 1. The van der Waals surface area contributed by atoms with E-state index in [9.17, 15) is 0 Å². The molecule has 3 aliphatic carbocycles. The largest absolute Gasteiger partial charge is 0.236 e. The molecule has 44 heavy (non-hydrogen) atoms.